The van der Waals surface area contributed by atoms with Crippen molar-refractivity contribution < 1.29 is 4.79 Å². The highest BCUT2D eigenvalue weighted by Crippen LogP contribution is 2.21. The van der Waals surface area contributed by atoms with Crippen molar-refractivity contribution in [3.05, 3.63) is 84.2 Å². The van der Waals surface area contributed by atoms with Crippen LogP contribution in [0.1, 0.15) is 29.3 Å². The van der Waals surface area contributed by atoms with E-state index in [2.05, 4.69) is 15.3 Å². The lowest BCUT2D eigenvalue weighted by molar-refractivity contribution is -0.121. The summed E-state index contributed by atoms with van der Waals surface area (Å²) in [6.07, 6.45) is 8.15. The molecule has 1 aromatic carbocycles. The number of amides is 1. The molecule has 1 atom stereocenters. The predicted molar refractivity (Wildman–Crippen MR) is 92.2 cm³/mol. The molecule has 3 rings (SSSR count). The molecule has 0 spiro atoms. The van der Waals surface area contributed by atoms with E-state index in [1.165, 1.54) is 0 Å². The Morgan fingerprint density at radius 1 is 1.08 bits per heavy atom. The highest BCUT2D eigenvalue weighted by molar-refractivity contribution is 5.77. The first-order valence-corrected chi connectivity index (χ1v) is 7.93. The lowest BCUT2D eigenvalue weighted by Gasteiger charge is -2.19. The number of rotatable bonds is 6. The summed E-state index contributed by atoms with van der Waals surface area (Å²) in [6.45, 7) is 0. The van der Waals surface area contributed by atoms with Crippen molar-refractivity contribution in [2.24, 2.45) is 7.05 Å². The lowest BCUT2D eigenvalue weighted by Crippen LogP contribution is -2.29. The average Bonchev–Trinajstić information content (AvgIpc) is 3.04. The Kier molecular flexibility index (Phi) is 5.01. The molecule has 0 saturated carbocycles. The molecule has 0 fully saturated rings. The van der Waals surface area contributed by atoms with Crippen LogP contribution >= 0.6 is 0 Å². The number of nitrogens with zero attached hydrogens (tertiary/aromatic N) is 3. The summed E-state index contributed by atoms with van der Waals surface area (Å²) in [5, 5.41) is 3.12. The standard InChI is InChI=1S/C19H20N4O/c1-23-14-21-13-17(23)9-10-18(24)22-19(15-6-3-2-4-7-15)16-8-5-11-20-12-16/h2-8,11-14,19H,9-10H2,1H3,(H,22,24)/t19-/m0/s1. The Bertz CT molecular complexity index is 744. The van der Waals surface area contributed by atoms with Crippen LogP contribution in [0.2, 0.25) is 0 Å². The zero-order chi connectivity index (χ0) is 16.8. The third kappa shape index (κ3) is 3.87. The van der Waals surface area contributed by atoms with Crippen LogP contribution in [-0.2, 0) is 18.3 Å². The van der Waals surface area contributed by atoms with Gasteiger partial charge in [0.1, 0.15) is 0 Å². The fraction of sp³-hybridized carbons (Fsp3) is 0.211. The van der Waals surface area contributed by atoms with Crippen LogP contribution in [0.15, 0.2) is 67.4 Å². The van der Waals surface area contributed by atoms with Gasteiger partial charge >= 0.3 is 0 Å². The third-order valence-electron chi connectivity index (χ3n) is 3.98. The van der Waals surface area contributed by atoms with Gasteiger partial charge in [-0.05, 0) is 23.6 Å². The first kappa shape index (κ1) is 15.9. The molecule has 122 valence electrons. The van der Waals surface area contributed by atoms with Gasteiger partial charge in [0, 0.05) is 37.8 Å². The molecule has 0 aliphatic heterocycles. The van der Waals surface area contributed by atoms with Gasteiger partial charge in [0.2, 0.25) is 5.91 Å². The van der Waals surface area contributed by atoms with Crippen LogP contribution < -0.4 is 5.32 Å². The quantitative estimate of drug-likeness (QED) is 0.759. The number of imidazole rings is 1. The molecular weight excluding hydrogens is 300 g/mol. The van der Waals surface area contributed by atoms with Gasteiger partial charge in [-0.2, -0.15) is 0 Å². The molecule has 5 heteroatoms. The molecule has 1 N–H and O–H groups in total. The summed E-state index contributed by atoms with van der Waals surface area (Å²) in [7, 11) is 1.93. The minimum absolute atomic E-state index is 0.00825. The van der Waals surface area contributed by atoms with Crippen molar-refractivity contribution in [2.75, 3.05) is 0 Å². The second-order valence-electron chi connectivity index (χ2n) is 5.69. The molecule has 5 nitrogen and oxygen atoms in total. The van der Waals surface area contributed by atoms with E-state index in [0.717, 1.165) is 16.8 Å². The monoisotopic (exact) mass is 320 g/mol. The second kappa shape index (κ2) is 7.55. The summed E-state index contributed by atoms with van der Waals surface area (Å²) in [5.74, 6) is 0.00825. The maximum Gasteiger partial charge on any atom is 0.221 e. The van der Waals surface area contributed by atoms with Crippen molar-refractivity contribution in [1.82, 2.24) is 19.9 Å². The minimum atomic E-state index is -0.195. The Morgan fingerprint density at radius 2 is 1.88 bits per heavy atom. The SMILES string of the molecule is Cn1cncc1CCC(=O)N[C@@H](c1ccccc1)c1cccnc1. The largest absolute Gasteiger partial charge is 0.345 e. The van der Waals surface area contributed by atoms with E-state index in [0.29, 0.717) is 12.8 Å². The maximum absolute atomic E-state index is 12.4. The van der Waals surface area contributed by atoms with Crippen LogP contribution in [-0.4, -0.2) is 20.4 Å². The molecule has 0 saturated heterocycles. The fourth-order valence-electron chi connectivity index (χ4n) is 2.65. The Labute approximate surface area is 141 Å². The van der Waals surface area contributed by atoms with Crippen molar-refractivity contribution in [3.63, 3.8) is 0 Å². The van der Waals surface area contributed by atoms with E-state index in [1.807, 2.05) is 54.1 Å². The number of aryl methyl sites for hydroxylation is 2. The molecule has 0 aliphatic rings. The van der Waals surface area contributed by atoms with E-state index >= 15 is 0 Å². The lowest BCUT2D eigenvalue weighted by atomic mass is 10.00. The summed E-state index contributed by atoms with van der Waals surface area (Å²) in [6, 6.07) is 13.6. The molecule has 0 radical (unpaired) electrons. The van der Waals surface area contributed by atoms with Gasteiger partial charge in [-0.3, -0.25) is 9.78 Å². The Morgan fingerprint density at radius 3 is 2.54 bits per heavy atom. The first-order valence-electron chi connectivity index (χ1n) is 7.93. The number of hydrogen-bond donors (Lipinski definition) is 1. The van der Waals surface area contributed by atoms with Gasteiger partial charge in [0.15, 0.2) is 0 Å². The highest BCUT2D eigenvalue weighted by Gasteiger charge is 2.17. The number of pyridine rings is 1. The van der Waals surface area contributed by atoms with Crippen LogP contribution in [0.4, 0.5) is 0 Å². The van der Waals surface area contributed by atoms with Crippen molar-refractivity contribution in [1.29, 1.82) is 0 Å². The minimum Gasteiger partial charge on any atom is -0.345 e. The van der Waals surface area contributed by atoms with Gasteiger partial charge in [0.25, 0.3) is 0 Å². The highest BCUT2D eigenvalue weighted by atomic mass is 16.1. The molecule has 2 aromatic heterocycles. The summed E-state index contributed by atoms with van der Waals surface area (Å²) < 4.78 is 1.93. The van der Waals surface area contributed by atoms with Crippen molar-refractivity contribution in [2.45, 2.75) is 18.9 Å². The third-order valence-corrected chi connectivity index (χ3v) is 3.98. The van der Waals surface area contributed by atoms with E-state index in [1.54, 1.807) is 24.9 Å². The molecule has 2 heterocycles. The van der Waals surface area contributed by atoms with Crippen LogP contribution in [0.5, 0.6) is 0 Å². The number of carbonyl (C=O) groups excluding carboxylic acids is 1. The number of nitrogens with one attached hydrogen (secondary N) is 1. The molecule has 3 aromatic rings. The van der Waals surface area contributed by atoms with Crippen LogP contribution in [0.25, 0.3) is 0 Å². The van der Waals surface area contributed by atoms with Crippen LogP contribution in [0, 0.1) is 0 Å². The van der Waals surface area contributed by atoms with E-state index in [-0.39, 0.29) is 11.9 Å². The number of aromatic nitrogens is 3. The smallest absolute Gasteiger partial charge is 0.221 e. The van der Waals surface area contributed by atoms with Gasteiger partial charge in [-0.1, -0.05) is 36.4 Å². The van der Waals surface area contributed by atoms with Crippen molar-refractivity contribution in [3.8, 4) is 0 Å². The van der Waals surface area contributed by atoms with E-state index in [9.17, 15) is 4.79 Å². The number of carbonyl (C=O) groups is 1. The maximum atomic E-state index is 12.4. The summed E-state index contributed by atoms with van der Waals surface area (Å²) in [4.78, 5) is 20.7. The average molecular weight is 320 g/mol. The second-order valence-corrected chi connectivity index (χ2v) is 5.69. The predicted octanol–water partition coefficient (Wildman–Crippen LogP) is 2.65. The molecule has 0 unspecified atom stereocenters. The molecule has 24 heavy (non-hydrogen) atoms. The molecule has 0 bridgehead atoms. The summed E-state index contributed by atoms with van der Waals surface area (Å²) in [5.41, 5.74) is 3.06. The van der Waals surface area contributed by atoms with Gasteiger partial charge in [-0.15, -0.1) is 0 Å². The zero-order valence-corrected chi connectivity index (χ0v) is 13.6. The normalized spacial score (nSPS) is 11.9. The number of hydrogen-bond acceptors (Lipinski definition) is 3. The van der Waals surface area contributed by atoms with Crippen LogP contribution in [0.3, 0.4) is 0 Å². The fourth-order valence-corrected chi connectivity index (χ4v) is 2.65. The first-order chi connectivity index (χ1) is 11.7. The topological polar surface area (TPSA) is 59.8 Å². The number of benzene rings is 1. The summed E-state index contributed by atoms with van der Waals surface area (Å²) >= 11 is 0. The Hall–Kier alpha value is -2.95. The van der Waals surface area contributed by atoms with Crippen molar-refractivity contribution >= 4 is 5.91 Å². The van der Waals surface area contributed by atoms with Gasteiger partial charge < -0.3 is 9.88 Å². The Balaban J connectivity index is 1.72. The van der Waals surface area contributed by atoms with Gasteiger partial charge in [-0.25, -0.2) is 4.98 Å². The molecule has 1 amide bonds. The van der Waals surface area contributed by atoms with E-state index in [4.69, 9.17) is 0 Å². The zero-order valence-electron chi connectivity index (χ0n) is 13.6. The van der Waals surface area contributed by atoms with Gasteiger partial charge in [0.05, 0.1) is 12.4 Å². The molecule has 0 aliphatic carbocycles. The molecular formula is C19H20N4O. The van der Waals surface area contributed by atoms with E-state index < -0.39 is 0 Å².